The third-order valence-electron chi connectivity index (χ3n) is 3.58. The van der Waals surface area contributed by atoms with E-state index in [1.807, 2.05) is 31.2 Å². The fourth-order valence-corrected chi connectivity index (χ4v) is 2.57. The van der Waals surface area contributed by atoms with Crippen molar-refractivity contribution in [1.82, 2.24) is 0 Å². The summed E-state index contributed by atoms with van der Waals surface area (Å²) in [5.74, 6) is 0.454. The van der Waals surface area contributed by atoms with Crippen LogP contribution in [-0.4, -0.2) is 12.4 Å². The summed E-state index contributed by atoms with van der Waals surface area (Å²) >= 11 is 0. The molecule has 0 fully saturated rings. The SMILES string of the molecule is Cc1ccoc1C(=O)CC1OCCc2ccccc21. The Balaban J connectivity index is 1.82. The van der Waals surface area contributed by atoms with Gasteiger partial charge in [-0.1, -0.05) is 24.3 Å². The summed E-state index contributed by atoms with van der Waals surface area (Å²) in [6, 6.07) is 9.97. The maximum absolute atomic E-state index is 12.2. The Bertz CT molecular complexity index is 598. The number of hydrogen-bond donors (Lipinski definition) is 0. The third kappa shape index (κ3) is 2.34. The first-order valence-electron chi connectivity index (χ1n) is 6.52. The monoisotopic (exact) mass is 256 g/mol. The van der Waals surface area contributed by atoms with Gasteiger partial charge in [-0.25, -0.2) is 0 Å². The van der Waals surface area contributed by atoms with Gasteiger partial charge in [0.1, 0.15) is 0 Å². The molecule has 98 valence electrons. The van der Waals surface area contributed by atoms with Crippen LogP contribution >= 0.6 is 0 Å². The lowest BCUT2D eigenvalue weighted by molar-refractivity contribution is 0.0343. The molecule has 1 aromatic heterocycles. The van der Waals surface area contributed by atoms with Crippen LogP contribution < -0.4 is 0 Å². The number of hydrogen-bond acceptors (Lipinski definition) is 3. The number of carbonyl (C=O) groups is 1. The van der Waals surface area contributed by atoms with Crippen LogP contribution in [0.4, 0.5) is 0 Å². The molecule has 2 aromatic rings. The fraction of sp³-hybridized carbons (Fsp3) is 0.312. The Kier molecular flexibility index (Phi) is 3.22. The van der Waals surface area contributed by atoms with Crippen molar-refractivity contribution in [3.05, 3.63) is 59.0 Å². The second-order valence-corrected chi connectivity index (χ2v) is 4.87. The molecule has 1 aliphatic rings. The molecule has 0 bridgehead atoms. The van der Waals surface area contributed by atoms with Crippen LogP contribution in [0.2, 0.25) is 0 Å². The lowest BCUT2D eigenvalue weighted by atomic mass is 9.94. The number of fused-ring (bicyclic) bond motifs is 1. The Morgan fingerprint density at radius 2 is 2.16 bits per heavy atom. The van der Waals surface area contributed by atoms with Crippen molar-refractivity contribution in [1.29, 1.82) is 0 Å². The first-order chi connectivity index (χ1) is 9.25. The number of furan rings is 1. The largest absolute Gasteiger partial charge is 0.461 e. The Morgan fingerprint density at radius 3 is 2.95 bits per heavy atom. The molecule has 0 amide bonds. The van der Waals surface area contributed by atoms with Crippen molar-refractivity contribution in [3.63, 3.8) is 0 Å². The number of carbonyl (C=O) groups excluding carboxylic acids is 1. The van der Waals surface area contributed by atoms with Crippen molar-refractivity contribution in [2.45, 2.75) is 25.9 Å². The first kappa shape index (κ1) is 12.2. The quantitative estimate of drug-likeness (QED) is 0.789. The second-order valence-electron chi connectivity index (χ2n) is 4.87. The molecular weight excluding hydrogens is 240 g/mol. The van der Waals surface area contributed by atoms with Crippen molar-refractivity contribution >= 4 is 5.78 Å². The van der Waals surface area contributed by atoms with Gasteiger partial charge >= 0.3 is 0 Å². The molecule has 1 unspecified atom stereocenters. The number of Topliss-reactive ketones (excluding diaryl/α,β-unsaturated/α-hetero) is 1. The molecule has 2 heterocycles. The zero-order valence-corrected chi connectivity index (χ0v) is 10.9. The molecule has 0 aliphatic carbocycles. The molecule has 0 radical (unpaired) electrons. The van der Waals surface area contributed by atoms with Gasteiger partial charge in [-0.2, -0.15) is 0 Å². The van der Waals surface area contributed by atoms with E-state index in [0.717, 1.165) is 17.5 Å². The van der Waals surface area contributed by atoms with Crippen molar-refractivity contribution in [2.24, 2.45) is 0 Å². The summed E-state index contributed by atoms with van der Waals surface area (Å²) in [7, 11) is 0. The zero-order chi connectivity index (χ0) is 13.2. The van der Waals surface area contributed by atoms with E-state index >= 15 is 0 Å². The van der Waals surface area contributed by atoms with E-state index < -0.39 is 0 Å². The van der Waals surface area contributed by atoms with Gasteiger partial charge in [0.05, 0.1) is 19.0 Å². The molecule has 1 aromatic carbocycles. The maximum Gasteiger partial charge on any atom is 0.201 e. The van der Waals surface area contributed by atoms with Crippen LogP contribution in [0.25, 0.3) is 0 Å². The van der Waals surface area contributed by atoms with Crippen LogP contribution in [0.3, 0.4) is 0 Å². The van der Waals surface area contributed by atoms with Gasteiger partial charge in [-0.05, 0) is 36.1 Å². The molecule has 0 spiro atoms. The number of benzene rings is 1. The molecule has 0 saturated carbocycles. The van der Waals surface area contributed by atoms with Gasteiger partial charge in [0.2, 0.25) is 5.78 Å². The van der Waals surface area contributed by atoms with Crippen LogP contribution in [0.1, 0.15) is 39.8 Å². The van der Waals surface area contributed by atoms with Crippen LogP contribution in [-0.2, 0) is 11.2 Å². The molecule has 0 N–H and O–H groups in total. The smallest absolute Gasteiger partial charge is 0.201 e. The normalized spacial score (nSPS) is 18.1. The predicted octanol–water partition coefficient (Wildman–Crippen LogP) is 3.47. The summed E-state index contributed by atoms with van der Waals surface area (Å²) in [5, 5.41) is 0. The number of aryl methyl sites for hydroxylation is 1. The van der Waals surface area contributed by atoms with Gasteiger partial charge in [-0.3, -0.25) is 4.79 Å². The summed E-state index contributed by atoms with van der Waals surface area (Å²) in [5.41, 5.74) is 3.29. The summed E-state index contributed by atoms with van der Waals surface area (Å²) < 4.78 is 11.0. The summed E-state index contributed by atoms with van der Waals surface area (Å²) in [6.45, 7) is 2.55. The van der Waals surface area contributed by atoms with Crippen molar-refractivity contribution in [3.8, 4) is 0 Å². The third-order valence-corrected chi connectivity index (χ3v) is 3.58. The Hall–Kier alpha value is -1.87. The Morgan fingerprint density at radius 1 is 1.32 bits per heavy atom. The van der Waals surface area contributed by atoms with Gasteiger partial charge in [-0.15, -0.1) is 0 Å². The van der Waals surface area contributed by atoms with E-state index in [1.54, 1.807) is 6.26 Å². The first-order valence-corrected chi connectivity index (χ1v) is 6.52. The van der Waals surface area contributed by atoms with Gasteiger partial charge < -0.3 is 9.15 Å². The summed E-state index contributed by atoms with van der Waals surface area (Å²) in [4.78, 5) is 12.2. The molecule has 3 nitrogen and oxygen atoms in total. The average molecular weight is 256 g/mol. The maximum atomic E-state index is 12.2. The molecule has 3 heteroatoms. The van der Waals surface area contributed by atoms with E-state index in [1.165, 1.54) is 5.56 Å². The van der Waals surface area contributed by atoms with Gasteiger partial charge in [0, 0.05) is 6.42 Å². The number of ether oxygens (including phenoxy) is 1. The topological polar surface area (TPSA) is 39.4 Å². The van der Waals surface area contributed by atoms with E-state index in [9.17, 15) is 4.79 Å². The molecule has 1 aliphatic heterocycles. The van der Waals surface area contributed by atoms with Crippen LogP contribution in [0.15, 0.2) is 41.0 Å². The zero-order valence-electron chi connectivity index (χ0n) is 10.9. The predicted molar refractivity (Wildman–Crippen MR) is 71.2 cm³/mol. The van der Waals surface area contributed by atoms with E-state index in [4.69, 9.17) is 9.15 Å². The molecular formula is C16H16O3. The highest BCUT2D eigenvalue weighted by molar-refractivity contribution is 5.95. The number of ketones is 1. The average Bonchev–Trinajstić information content (AvgIpc) is 2.85. The van der Waals surface area contributed by atoms with E-state index in [0.29, 0.717) is 18.8 Å². The van der Waals surface area contributed by atoms with Gasteiger partial charge in [0.25, 0.3) is 0 Å². The fourth-order valence-electron chi connectivity index (χ4n) is 2.57. The highest BCUT2D eigenvalue weighted by atomic mass is 16.5. The number of rotatable bonds is 3. The van der Waals surface area contributed by atoms with Crippen molar-refractivity contribution in [2.75, 3.05) is 6.61 Å². The lowest BCUT2D eigenvalue weighted by Crippen LogP contribution is -2.19. The minimum absolute atomic E-state index is 0.00389. The lowest BCUT2D eigenvalue weighted by Gasteiger charge is -2.25. The van der Waals surface area contributed by atoms with Crippen LogP contribution in [0, 0.1) is 6.92 Å². The van der Waals surface area contributed by atoms with Crippen molar-refractivity contribution < 1.29 is 13.9 Å². The Labute approximate surface area is 112 Å². The highest BCUT2D eigenvalue weighted by Crippen LogP contribution is 2.30. The standard InChI is InChI=1S/C16H16O3/c1-11-6-8-19-16(11)14(17)10-15-13-5-3-2-4-12(13)7-9-18-15/h2-6,8,15H,7,9-10H2,1H3. The van der Waals surface area contributed by atoms with Crippen LogP contribution in [0.5, 0.6) is 0 Å². The minimum Gasteiger partial charge on any atom is -0.461 e. The second kappa shape index (κ2) is 5.02. The molecule has 1 atom stereocenters. The molecule has 19 heavy (non-hydrogen) atoms. The highest BCUT2D eigenvalue weighted by Gasteiger charge is 2.25. The molecule has 3 rings (SSSR count). The van der Waals surface area contributed by atoms with Gasteiger partial charge in [0.15, 0.2) is 5.76 Å². The summed E-state index contributed by atoms with van der Waals surface area (Å²) in [6.07, 6.45) is 2.66. The molecule has 0 saturated heterocycles. The van der Waals surface area contributed by atoms with E-state index in [2.05, 4.69) is 6.07 Å². The van der Waals surface area contributed by atoms with E-state index in [-0.39, 0.29) is 11.9 Å². The minimum atomic E-state index is -0.151.